The lowest BCUT2D eigenvalue weighted by Crippen LogP contribution is -2.23. The van der Waals surface area contributed by atoms with Crippen LogP contribution in [0.25, 0.3) is 0 Å². The van der Waals surface area contributed by atoms with Crippen molar-refractivity contribution in [2.75, 3.05) is 6.54 Å². The molecule has 1 N–H and O–H groups in total. The van der Waals surface area contributed by atoms with Gasteiger partial charge in [0.15, 0.2) is 0 Å². The Morgan fingerprint density at radius 3 is 3.00 bits per heavy atom. The SMILES string of the molecule is CC(=CC#N)N1CC(O)CC1=O. The minimum atomic E-state index is -0.584. The third-order valence-corrected chi connectivity index (χ3v) is 1.80. The molecule has 4 heteroatoms. The largest absolute Gasteiger partial charge is 0.391 e. The summed E-state index contributed by atoms with van der Waals surface area (Å²) in [6.45, 7) is 1.99. The molecule has 4 nitrogen and oxygen atoms in total. The van der Waals surface area contributed by atoms with Crippen LogP contribution in [0.2, 0.25) is 0 Å². The smallest absolute Gasteiger partial charge is 0.229 e. The predicted octanol–water partition coefficient (Wildman–Crippen LogP) is 0.00698. The number of nitrogens with zero attached hydrogens (tertiary/aromatic N) is 2. The van der Waals surface area contributed by atoms with Gasteiger partial charge in [0.25, 0.3) is 0 Å². The zero-order valence-electron chi connectivity index (χ0n) is 6.82. The number of aliphatic hydroxyl groups is 1. The van der Waals surface area contributed by atoms with Crippen LogP contribution in [0.3, 0.4) is 0 Å². The van der Waals surface area contributed by atoms with Crippen molar-refractivity contribution in [1.29, 1.82) is 5.26 Å². The quantitative estimate of drug-likeness (QED) is 0.558. The molecule has 1 fully saturated rings. The maximum absolute atomic E-state index is 11.1. The van der Waals surface area contributed by atoms with Crippen molar-refractivity contribution < 1.29 is 9.90 Å². The van der Waals surface area contributed by atoms with E-state index in [0.717, 1.165) is 0 Å². The molecule has 0 saturated carbocycles. The van der Waals surface area contributed by atoms with Crippen LogP contribution in [0.4, 0.5) is 0 Å². The van der Waals surface area contributed by atoms with Crippen LogP contribution in [-0.4, -0.2) is 28.6 Å². The molecule has 12 heavy (non-hydrogen) atoms. The van der Waals surface area contributed by atoms with Gasteiger partial charge in [-0.3, -0.25) is 4.79 Å². The first-order chi connectivity index (χ1) is 5.65. The van der Waals surface area contributed by atoms with Crippen LogP contribution in [0.15, 0.2) is 11.8 Å². The van der Waals surface area contributed by atoms with E-state index in [2.05, 4.69) is 0 Å². The van der Waals surface area contributed by atoms with Gasteiger partial charge in [0.2, 0.25) is 5.91 Å². The Balaban J connectivity index is 2.72. The normalized spacial score (nSPS) is 24.4. The molecule has 0 aromatic heterocycles. The Morgan fingerprint density at radius 2 is 2.58 bits per heavy atom. The van der Waals surface area contributed by atoms with Crippen LogP contribution in [0, 0.1) is 11.3 Å². The lowest BCUT2D eigenvalue weighted by Gasteiger charge is -2.14. The van der Waals surface area contributed by atoms with E-state index in [1.165, 1.54) is 11.0 Å². The zero-order chi connectivity index (χ0) is 9.14. The fourth-order valence-electron chi connectivity index (χ4n) is 1.20. The molecule has 1 heterocycles. The predicted molar refractivity (Wildman–Crippen MR) is 41.7 cm³/mol. The van der Waals surface area contributed by atoms with Crippen molar-refractivity contribution in [3.8, 4) is 6.07 Å². The molecular weight excluding hydrogens is 156 g/mol. The minimum absolute atomic E-state index is 0.119. The first kappa shape index (κ1) is 8.75. The fraction of sp³-hybridized carbons (Fsp3) is 0.500. The first-order valence-corrected chi connectivity index (χ1v) is 3.70. The van der Waals surface area contributed by atoms with E-state index >= 15 is 0 Å². The van der Waals surface area contributed by atoms with Crippen molar-refractivity contribution in [3.05, 3.63) is 11.8 Å². The number of rotatable bonds is 1. The highest BCUT2D eigenvalue weighted by atomic mass is 16.3. The molecule has 64 valence electrons. The van der Waals surface area contributed by atoms with Crippen LogP contribution in [0.5, 0.6) is 0 Å². The molecule has 0 bridgehead atoms. The van der Waals surface area contributed by atoms with E-state index in [1.807, 2.05) is 6.07 Å². The number of hydrogen-bond donors (Lipinski definition) is 1. The van der Waals surface area contributed by atoms with Crippen LogP contribution in [0.1, 0.15) is 13.3 Å². The molecule has 0 aliphatic carbocycles. The maximum Gasteiger partial charge on any atom is 0.229 e. The van der Waals surface area contributed by atoms with E-state index in [-0.39, 0.29) is 12.3 Å². The van der Waals surface area contributed by atoms with Crippen molar-refractivity contribution in [3.63, 3.8) is 0 Å². The average molecular weight is 166 g/mol. The molecule has 0 spiro atoms. The summed E-state index contributed by atoms with van der Waals surface area (Å²) in [4.78, 5) is 12.5. The van der Waals surface area contributed by atoms with Gasteiger partial charge in [-0.2, -0.15) is 5.26 Å². The number of likely N-dealkylation sites (tertiary alicyclic amines) is 1. The summed E-state index contributed by atoms with van der Waals surface area (Å²) in [5.41, 5.74) is 0.596. The van der Waals surface area contributed by atoms with E-state index in [4.69, 9.17) is 10.4 Å². The van der Waals surface area contributed by atoms with Crippen molar-refractivity contribution in [1.82, 2.24) is 4.90 Å². The molecule has 1 amide bonds. The topological polar surface area (TPSA) is 64.3 Å². The Hall–Kier alpha value is -1.34. The van der Waals surface area contributed by atoms with E-state index in [9.17, 15) is 4.79 Å². The Morgan fingerprint density at radius 1 is 1.92 bits per heavy atom. The number of hydrogen-bond acceptors (Lipinski definition) is 3. The molecule has 0 radical (unpaired) electrons. The van der Waals surface area contributed by atoms with Gasteiger partial charge >= 0.3 is 0 Å². The molecule has 1 unspecified atom stereocenters. The number of nitriles is 1. The van der Waals surface area contributed by atoms with Crippen molar-refractivity contribution in [2.24, 2.45) is 0 Å². The number of β-amino-alcohol motifs (C(OH)–C–C–N with tert-alkyl or cyclic N) is 1. The van der Waals surface area contributed by atoms with Gasteiger partial charge in [0, 0.05) is 11.8 Å². The van der Waals surface area contributed by atoms with Gasteiger partial charge in [0.1, 0.15) is 0 Å². The van der Waals surface area contributed by atoms with Gasteiger partial charge in [0.05, 0.1) is 25.1 Å². The Labute approximate surface area is 70.7 Å². The number of amides is 1. The molecule has 1 aliphatic rings. The average Bonchev–Trinajstić information content (AvgIpc) is 2.30. The van der Waals surface area contributed by atoms with Gasteiger partial charge < -0.3 is 10.0 Å². The summed E-state index contributed by atoms with van der Waals surface area (Å²) < 4.78 is 0. The Bertz CT molecular complexity index is 265. The fourth-order valence-corrected chi connectivity index (χ4v) is 1.20. The maximum atomic E-state index is 11.1. The van der Waals surface area contributed by atoms with Crippen LogP contribution in [-0.2, 0) is 4.79 Å². The lowest BCUT2D eigenvalue weighted by atomic mass is 10.3. The highest BCUT2D eigenvalue weighted by molar-refractivity contribution is 5.80. The summed E-state index contributed by atoms with van der Waals surface area (Å²) >= 11 is 0. The van der Waals surface area contributed by atoms with Crippen molar-refractivity contribution in [2.45, 2.75) is 19.4 Å². The van der Waals surface area contributed by atoms with Gasteiger partial charge in [-0.15, -0.1) is 0 Å². The molecular formula is C8H10N2O2. The molecule has 1 rings (SSSR count). The number of carbonyl (C=O) groups excluding carboxylic acids is 1. The second-order valence-electron chi connectivity index (χ2n) is 2.78. The van der Waals surface area contributed by atoms with E-state index in [1.54, 1.807) is 6.92 Å². The number of allylic oxidation sites excluding steroid dienone is 2. The minimum Gasteiger partial charge on any atom is -0.391 e. The summed E-state index contributed by atoms with van der Waals surface area (Å²) in [6, 6.07) is 1.84. The summed E-state index contributed by atoms with van der Waals surface area (Å²) in [5, 5.41) is 17.4. The second-order valence-corrected chi connectivity index (χ2v) is 2.78. The van der Waals surface area contributed by atoms with Crippen LogP contribution >= 0.6 is 0 Å². The molecule has 1 saturated heterocycles. The first-order valence-electron chi connectivity index (χ1n) is 3.70. The standard InChI is InChI=1S/C8H10N2O2/c1-6(2-3-9)10-5-7(11)4-8(10)12/h2,7,11H,4-5H2,1H3. The van der Waals surface area contributed by atoms with Gasteiger partial charge in [-0.05, 0) is 6.92 Å². The Kier molecular flexibility index (Phi) is 2.46. The highest BCUT2D eigenvalue weighted by Crippen LogP contribution is 2.15. The van der Waals surface area contributed by atoms with Gasteiger partial charge in [-0.1, -0.05) is 0 Å². The summed E-state index contributed by atoms with van der Waals surface area (Å²) in [6.07, 6.45) is 0.881. The van der Waals surface area contributed by atoms with E-state index in [0.29, 0.717) is 12.2 Å². The number of carbonyl (C=O) groups is 1. The highest BCUT2D eigenvalue weighted by Gasteiger charge is 2.28. The van der Waals surface area contributed by atoms with Crippen molar-refractivity contribution >= 4 is 5.91 Å². The zero-order valence-corrected chi connectivity index (χ0v) is 6.82. The third kappa shape index (κ3) is 1.63. The molecule has 1 aliphatic heterocycles. The second kappa shape index (κ2) is 3.37. The summed E-state index contributed by atoms with van der Waals surface area (Å²) in [7, 11) is 0. The summed E-state index contributed by atoms with van der Waals surface area (Å²) in [5.74, 6) is -0.119. The molecule has 1 atom stereocenters. The number of aliphatic hydroxyl groups excluding tert-OH is 1. The van der Waals surface area contributed by atoms with E-state index < -0.39 is 6.10 Å². The lowest BCUT2D eigenvalue weighted by molar-refractivity contribution is -0.126. The monoisotopic (exact) mass is 166 g/mol. The third-order valence-electron chi connectivity index (χ3n) is 1.80. The molecule has 0 aromatic carbocycles. The van der Waals surface area contributed by atoms with Gasteiger partial charge in [-0.25, -0.2) is 0 Å². The molecule has 0 aromatic rings. The van der Waals surface area contributed by atoms with Crippen LogP contribution < -0.4 is 0 Å².